The molecule has 1 heterocycles. The fourth-order valence-electron chi connectivity index (χ4n) is 3.55. The Kier molecular flexibility index (Phi) is 9.35. The predicted octanol–water partition coefficient (Wildman–Crippen LogP) is 3.32. The van der Waals surface area contributed by atoms with Crippen molar-refractivity contribution in [2.24, 2.45) is 4.99 Å². The fourth-order valence-corrected chi connectivity index (χ4v) is 3.55. The largest absolute Gasteiger partial charge is 0.506 e. The van der Waals surface area contributed by atoms with Gasteiger partial charge >= 0.3 is 0 Å². The summed E-state index contributed by atoms with van der Waals surface area (Å²) in [6.45, 7) is 6.68. The molecule has 2 N–H and O–H groups in total. The van der Waals surface area contributed by atoms with Gasteiger partial charge in [0.25, 0.3) is 0 Å². The van der Waals surface area contributed by atoms with Gasteiger partial charge in [-0.1, -0.05) is 24.3 Å². The van der Waals surface area contributed by atoms with E-state index < -0.39 is 0 Å². The van der Waals surface area contributed by atoms with E-state index in [0.29, 0.717) is 18.0 Å². The van der Waals surface area contributed by atoms with Gasteiger partial charge in [0.1, 0.15) is 5.75 Å². The number of nitrogens with one attached hydrogen (secondary N) is 1. The summed E-state index contributed by atoms with van der Waals surface area (Å²) in [6.07, 6.45) is 0. The van der Waals surface area contributed by atoms with E-state index in [1.165, 1.54) is 0 Å². The number of rotatable bonds is 6. The molecule has 30 heavy (non-hydrogen) atoms. The number of hydrogen-bond acceptors (Lipinski definition) is 5. The molecule has 0 aliphatic carbocycles. The molecule has 0 amide bonds. The highest BCUT2D eigenvalue weighted by molar-refractivity contribution is 14.0. The first kappa shape index (κ1) is 23.9. The lowest BCUT2D eigenvalue weighted by Gasteiger charge is -2.37. The zero-order valence-corrected chi connectivity index (χ0v) is 20.1. The Morgan fingerprint density at radius 3 is 2.40 bits per heavy atom. The number of phenols is 1. The van der Waals surface area contributed by atoms with Crippen LogP contribution >= 0.6 is 24.0 Å². The molecule has 164 valence electrons. The van der Waals surface area contributed by atoms with Crippen LogP contribution in [0.1, 0.15) is 12.5 Å². The van der Waals surface area contributed by atoms with Crippen LogP contribution in [0.2, 0.25) is 0 Å². The summed E-state index contributed by atoms with van der Waals surface area (Å²) in [4.78, 5) is 9.30. The number of aromatic hydroxyl groups is 1. The molecular weight excluding hydrogens is 495 g/mol. The number of ether oxygens (including phenoxy) is 2. The Labute approximate surface area is 195 Å². The van der Waals surface area contributed by atoms with Gasteiger partial charge in [0.05, 0.1) is 26.5 Å². The van der Waals surface area contributed by atoms with Crippen molar-refractivity contribution in [3.05, 3.63) is 48.0 Å². The molecule has 0 radical (unpaired) electrons. The van der Waals surface area contributed by atoms with E-state index in [9.17, 15) is 5.11 Å². The first-order chi connectivity index (χ1) is 14.2. The van der Waals surface area contributed by atoms with Crippen LogP contribution in [-0.4, -0.2) is 62.9 Å². The summed E-state index contributed by atoms with van der Waals surface area (Å²) < 4.78 is 10.9. The van der Waals surface area contributed by atoms with Gasteiger partial charge in [0.2, 0.25) is 0 Å². The number of halogens is 1. The van der Waals surface area contributed by atoms with E-state index in [1.807, 2.05) is 36.4 Å². The molecule has 8 heteroatoms. The highest BCUT2D eigenvalue weighted by Gasteiger charge is 2.21. The summed E-state index contributed by atoms with van der Waals surface area (Å²) >= 11 is 0. The average Bonchev–Trinajstić information content (AvgIpc) is 2.76. The fraction of sp³-hybridized carbons (Fsp3) is 0.409. The van der Waals surface area contributed by atoms with E-state index in [-0.39, 0.29) is 24.0 Å². The van der Waals surface area contributed by atoms with E-state index in [4.69, 9.17) is 14.5 Å². The number of para-hydroxylation sites is 3. The first-order valence-corrected chi connectivity index (χ1v) is 9.94. The standard InChI is InChI=1S/C22H30N4O3.HI/c1-4-23-22(24-16-17-8-7-11-20(28-2)21(17)29-3)26-14-12-25(13-15-26)18-9-5-6-10-19(18)27;/h5-11,27H,4,12-16H2,1-3H3,(H,23,24);1H. The van der Waals surface area contributed by atoms with E-state index in [2.05, 4.69) is 22.0 Å². The monoisotopic (exact) mass is 526 g/mol. The second-order valence-corrected chi connectivity index (χ2v) is 6.79. The van der Waals surface area contributed by atoms with Crippen LogP contribution in [-0.2, 0) is 6.54 Å². The summed E-state index contributed by atoms with van der Waals surface area (Å²) in [5, 5.41) is 13.5. The van der Waals surface area contributed by atoms with Crippen LogP contribution < -0.4 is 19.7 Å². The smallest absolute Gasteiger partial charge is 0.194 e. The molecule has 0 aromatic heterocycles. The number of methoxy groups -OCH3 is 2. The molecule has 3 rings (SSSR count). The number of anilines is 1. The molecule has 1 fully saturated rings. The minimum Gasteiger partial charge on any atom is -0.506 e. The molecule has 0 atom stereocenters. The molecule has 1 aliphatic heterocycles. The lowest BCUT2D eigenvalue weighted by Crippen LogP contribution is -2.52. The Balaban J connectivity index is 0.00000320. The number of nitrogens with zero attached hydrogens (tertiary/aromatic N) is 3. The van der Waals surface area contributed by atoms with Gasteiger partial charge in [-0.05, 0) is 25.1 Å². The lowest BCUT2D eigenvalue weighted by atomic mass is 10.2. The number of aliphatic imine (C=N–C) groups is 1. The van der Waals surface area contributed by atoms with Gasteiger partial charge < -0.3 is 29.7 Å². The SMILES string of the molecule is CCNC(=NCc1cccc(OC)c1OC)N1CCN(c2ccccc2O)CC1.I. The van der Waals surface area contributed by atoms with E-state index >= 15 is 0 Å². The molecule has 0 spiro atoms. The van der Waals surface area contributed by atoms with Crippen LogP contribution in [0.3, 0.4) is 0 Å². The second kappa shape index (κ2) is 11.7. The van der Waals surface area contributed by atoms with E-state index in [0.717, 1.165) is 55.7 Å². The number of phenolic OH excluding ortho intramolecular Hbond substituents is 1. The van der Waals surface area contributed by atoms with Crippen molar-refractivity contribution in [2.45, 2.75) is 13.5 Å². The molecule has 0 saturated carbocycles. The summed E-state index contributed by atoms with van der Waals surface area (Å²) in [6, 6.07) is 13.3. The van der Waals surface area contributed by atoms with Crippen LogP contribution in [0.5, 0.6) is 17.2 Å². The molecule has 1 saturated heterocycles. The Morgan fingerprint density at radius 2 is 1.77 bits per heavy atom. The Bertz CT molecular complexity index is 839. The average molecular weight is 526 g/mol. The van der Waals surface area contributed by atoms with Crippen molar-refractivity contribution >= 4 is 35.6 Å². The van der Waals surface area contributed by atoms with Crippen molar-refractivity contribution in [3.63, 3.8) is 0 Å². The third-order valence-corrected chi connectivity index (χ3v) is 5.02. The van der Waals surface area contributed by atoms with Crippen molar-refractivity contribution in [3.8, 4) is 17.2 Å². The normalized spacial score (nSPS) is 14.2. The third kappa shape index (κ3) is 5.62. The number of guanidine groups is 1. The quantitative estimate of drug-likeness (QED) is 0.342. The van der Waals surface area contributed by atoms with Crippen molar-refractivity contribution < 1.29 is 14.6 Å². The molecule has 7 nitrogen and oxygen atoms in total. The number of piperazine rings is 1. The maximum absolute atomic E-state index is 10.1. The minimum atomic E-state index is 0. The molecule has 0 bridgehead atoms. The van der Waals surface area contributed by atoms with E-state index in [1.54, 1.807) is 20.3 Å². The lowest BCUT2D eigenvalue weighted by molar-refractivity contribution is 0.351. The molecule has 2 aromatic carbocycles. The van der Waals surface area contributed by atoms with Crippen LogP contribution in [0.25, 0.3) is 0 Å². The number of hydrogen-bond donors (Lipinski definition) is 2. The highest BCUT2D eigenvalue weighted by atomic mass is 127. The van der Waals surface area contributed by atoms with Crippen LogP contribution in [0.4, 0.5) is 5.69 Å². The van der Waals surface area contributed by atoms with Gasteiger partial charge in [0, 0.05) is 38.3 Å². The van der Waals surface area contributed by atoms with Crippen LogP contribution in [0.15, 0.2) is 47.5 Å². The molecule has 1 aliphatic rings. The summed E-state index contributed by atoms with van der Waals surface area (Å²) in [7, 11) is 3.29. The van der Waals surface area contributed by atoms with Gasteiger partial charge in [0.15, 0.2) is 17.5 Å². The molecule has 0 unspecified atom stereocenters. The van der Waals surface area contributed by atoms with Crippen molar-refractivity contribution in [1.29, 1.82) is 0 Å². The third-order valence-electron chi connectivity index (χ3n) is 5.02. The van der Waals surface area contributed by atoms with Gasteiger partial charge in [-0.25, -0.2) is 4.99 Å². The van der Waals surface area contributed by atoms with Crippen molar-refractivity contribution in [1.82, 2.24) is 10.2 Å². The number of benzene rings is 2. The Hall–Kier alpha value is -2.36. The zero-order valence-electron chi connectivity index (χ0n) is 17.8. The molecular formula is C22H31IN4O3. The summed E-state index contributed by atoms with van der Waals surface area (Å²) in [5.41, 5.74) is 1.87. The topological polar surface area (TPSA) is 69.6 Å². The molecule has 2 aromatic rings. The van der Waals surface area contributed by atoms with Gasteiger partial charge in [-0.2, -0.15) is 0 Å². The van der Waals surface area contributed by atoms with Crippen LogP contribution in [0, 0.1) is 0 Å². The summed E-state index contributed by atoms with van der Waals surface area (Å²) in [5.74, 6) is 2.64. The van der Waals surface area contributed by atoms with Gasteiger partial charge in [-0.3, -0.25) is 0 Å². The maximum atomic E-state index is 10.1. The first-order valence-electron chi connectivity index (χ1n) is 9.94. The predicted molar refractivity (Wildman–Crippen MR) is 132 cm³/mol. The van der Waals surface area contributed by atoms with Gasteiger partial charge in [-0.15, -0.1) is 24.0 Å². The maximum Gasteiger partial charge on any atom is 0.194 e. The zero-order chi connectivity index (χ0) is 20.6. The highest BCUT2D eigenvalue weighted by Crippen LogP contribution is 2.31. The minimum absolute atomic E-state index is 0. The second-order valence-electron chi connectivity index (χ2n) is 6.79. The Morgan fingerprint density at radius 1 is 1.03 bits per heavy atom. The van der Waals surface area contributed by atoms with Crippen molar-refractivity contribution in [2.75, 3.05) is 51.8 Å².